The van der Waals surface area contributed by atoms with Gasteiger partial charge in [-0.05, 0) is 17.7 Å². The fourth-order valence-corrected chi connectivity index (χ4v) is 1.60. The van der Waals surface area contributed by atoms with Crippen LogP contribution in [-0.2, 0) is 20.1 Å². The molecule has 0 fully saturated rings. The highest BCUT2D eigenvalue weighted by atomic mass is 32.2. The average molecular weight is 204 g/mol. The zero-order valence-corrected chi connectivity index (χ0v) is 7.84. The Bertz CT molecular complexity index is 386. The van der Waals surface area contributed by atoms with Gasteiger partial charge in [0.2, 0.25) is 0 Å². The molecule has 0 heterocycles. The number of hydrogen-bond donors (Lipinski definition) is 0. The highest BCUT2D eigenvalue weighted by molar-refractivity contribution is 7.85. The van der Waals surface area contributed by atoms with Crippen LogP contribution in [0.25, 0.3) is 0 Å². The van der Waals surface area contributed by atoms with Gasteiger partial charge < -0.3 is 0 Å². The highest BCUT2D eigenvalue weighted by Gasteiger charge is 2.09. The van der Waals surface area contributed by atoms with Gasteiger partial charge in [-0.25, -0.2) is 4.39 Å². The van der Waals surface area contributed by atoms with Crippen LogP contribution in [-0.4, -0.2) is 15.5 Å². The zero-order chi connectivity index (χ0) is 9.90. The van der Waals surface area contributed by atoms with E-state index in [4.69, 9.17) is 0 Å². The van der Waals surface area contributed by atoms with Crippen molar-refractivity contribution < 1.29 is 17.0 Å². The van der Waals surface area contributed by atoms with Crippen LogP contribution in [0.5, 0.6) is 0 Å². The predicted molar refractivity (Wildman–Crippen MR) is 46.0 cm³/mol. The van der Waals surface area contributed by atoms with E-state index in [1.807, 2.05) is 0 Å². The third-order valence-corrected chi connectivity index (χ3v) is 2.68. The highest BCUT2D eigenvalue weighted by Crippen LogP contribution is 2.08. The third kappa shape index (κ3) is 3.12. The van der Waals surface area contributed by atoms with Crippen LogP contribution < -0.4 is 0 Å². The first-order chi connectivity index (χ1) is 6.03. The van der Waals surface area contributed by atoms with Gasteiger partial charge in [0.1, 0.15) is 11.6 Å². The van der Waals surface area contributed by atoms with Crippen molar-refractivity contribution in [1.82, 2.24) is 0 Å². The first-order valence-corrected chi connectivity index (χ1v) is 5.14. The van der Waals surface area contributed by atoms with Crippen molar-refractivity contribution in [2.75, 3.05) is 7.11 Å². The molecule has 5 heteroatoms. The van der Waals surface area contributed by atoms with E-state index < -0.39 is 15.9 Å². The Morgan fingerprint density at radius 1 is 1.46 bits per heavy atom. The van der Waals surface area contributed by atoms with E-state index in [9.17, 15) is 12.8 Å². The molecule has 0 radical (unpaired) electrons. The normalized spacial score (nSPS) is 11.5. The van der Waals surface area contributed by atoms with Crippen molar-refractivity contribution in [3.8, 4) is 0 Å². The Morgan fingerprint density at radius 3 is 2.69 bits per heavy atom. The lowest BCUT2D eigenvalue weighted by Gasteiger charge is -2.00. The van der Waals surface area contributed by atoms with E-state index in [2.05, 4.69) is 4.18 Å². The Balaban J connectivity index is 2.87. The maximum absolute atomic E-state index is 12.6. The summed E-state index contributed by atoms with van der Waals surface area (Å²) in [7, 11) is -2.48. The summed E-state index contributed by atoms with van der Waals surface area (Å²) >= 11 is 0. The molecule has 0 aliphatic rings. The molecule has 0 unspecified atom stereocenters. The summed E-state index contributed by atoms with van der Waals surface area (Å²) in [4.78, 5) is 0. The molecule has 72 valence electrons. The van der Waals surface area contributed by atoms with Crippen molar-refractivity contribution in [3.63, 3.8) is 0 Å². The molecule has 0 atom stereocenters. The summed E-state index contributed by atoms with van der Waals surface area (Å²) in [6, 6.07) is 5.40. The Hall–Kier alpha value is -0.940. The Morgan fingerprint density at radius 2 is 2.15 bits per heavy atom. The van der Waals surface area contributed by atoms with Crippen LogP contribution >= 0.6 is 0 Å². The second-order valence-corrected chi connectivity index (χ2v) is 4.24. The summed E-state index contributed by atoms with van der Waals surface area (Å²) in [6.07, 6.45) is 0. The molecule has 0 saturated carbocycles. The van der Waals surface area contributed by atoms with E-state index in [0.29, 0.717) is 5.56 Å². The van der Waals surface area contributed by atoms with Crippen molar-refractivity contribution >= 4 is 10.1 Å². The van der Waals surface area contributed by atoms with Gasteiger partial charge in [0.05, 0.1) is 7.11 Å². The number of benzene rings is 1. The number of rotatable bonds is 3. The average Bonchev–Trinajstić information content (AvgIpc) is 2.03. The van der Waals surface area contributed by atoms with Crippen LogP contribution in [0.1, 0.15) is 5.56 Å². The monoisotopic (exact) mass is 204 g/mol. The second-order valence-electron chi connectivity index (χ2n) is 2.50. The van der Waals surface area contributed by atoms with Gasteiger partial charge in [-0.1, -0.05) is 12.1 Å². The fraction of sp³-hybridized carbons (Fsp3) is 0.250. The van der Waals surface area contributed by atoms with Crippen LogP contribution in [0.4, 0.5) is 4.39 Å². The molecule has 1 aromatic carbocycles. The molecule has 0 amide bonds. The summed E-state index contributed by atoms with van der Waals surface area (Å²) in [5.74, 6) is -0.759. The maximum Gasteiger partial charge on any atom is 0.271 e. The molecule has 1 aromatic rings. The zero-order valence-electron chi connectivity index (χ0n) is 7.03. The largest absolute Gasteiger partial charge is 0.273 e. The molecule has 0 aliphatic heterocycles. The lowest BCUT2D eigenvalue weighted by atomic mass is 10.2. The molecule has 0 aliphatic carbocycles. The molecular formula is C8H9FO3S. The van der Waals surface area contributed by atoms with Crippen LogP contribution in [0.3, 0.4) is 0 Å². The van der Waals surface area contributed by atoms with Gasteiger partial charge >= 0.3 is 0 Å². The minimum absolute atomic E-state index is 0.304. The van der Waals surface area contributed by atoms with E-state index in [-0.39, 0.29) is 5.75 Å². The summed E-state index contributed by atoms with van der Waals surface area (Å²) in [6.45, 7) is 0. The SMILES string of the molecule is COS(=O)(=O)Cc1cccc(F)c1. The standard InChI is InChI=1S/C8H9FO3S/c1-12-13(10,11)6-7-3-2-4-8(9)5-7/h2-5H,6H2,1H3. The fourth-order valence-electron chi connectivity index (χ4n) is 0.890. The van der Waals surface area contributed by atoms with Crippen molar-refractivity contribution in [1.29, 1.82) is 0 Å². The van der Waals surface area contributed by atoms with Crippen LogP contribution in [0.15, 0.2) is 24.3 Å². The molecular weight excluding hydrogens is 195 g/mol. The Kier molecular flexibility index (Phi) is 3.00. The molecule has 3 nitrogen and oxygen atoms in total. The smallest absolute Gasteiger partial charge is 0.271 e. The quantitative estimate of drug-likeness (QED) is 0.697. The van der Waals surface area contributed by atoms with Crippen molar-refractivity contribution in [3.05, 3.63) is 35.6 Å². The molecule has 0 N–H and O–H groups in total. The molecule has 0 aromatic heterocycles. The summed E-state index contributed by atoms with van der Waals surface area (Å²) in [5, 5.41) is 0. The second kappa shape index (κ2) is 3.85. The molecule has 1 rings (SSSR count). The lowest BCUT2D eigenvalue weighted by Crippen LogP contribution is -2.05. The van der Waals surface area contributed by atoms with E-state index in [1.165, 1.54) is 18.2 Å². The lowest BCUT2D eigenvalue weighted by molar-refractivity contribution is 0.397. The minimum atomic E-state index is -3.56. The number of halogens is 1. The first kappa shape index (κ1) is 10.1. The molecule has 13 heavy (non-hydrogen) atoms. The predicted octanol–water partition coefficient (Wildman–Crippen LogP) is 1.30. The van der Waals surface area contributed by atoms with Gasteiger partial charge in [-0.15, -0.1) is 0 Å². The van der Waals surface area contributed by atoms with E-state index >= 15 is 0 Å². The van der Waals surface area contributed by atoms with E-state index in [0.717, 1.165) is 13.2 Å². The van der Waals surface area contributed by atoms with Gasteiger partial charge in [0.25, 0.3) is 10.1 Å². The molecule has 0 bridgehead atoms. The van der Waals surface area contributed by atoms with Crippen LogP contribution in [0.2, 0.25) is 0 Å². The van der Waals surface area contributed by atoms with Crippen molar-refractivity contribution in [2.45, 2.75) is 5.75 Å². The van der Waals surface area contributed by atoms with Gasteiger partial charge in [-0.3, -0.25) is 4.18 Å². The third-order valence-electron chi connectivity index (χ3n) is 1.49. The van der Waals surface area contributed by atoms with E-state index in [1.54, 1.807) is 0 Å². The van der Waals surface area contributed by atoms with Crippen LogP contribution in [0, 0.1) is 5.82 Å². The van der Waals surface area contributed by atoms with Gasteiger partial charge in [0.15, 0.2) is 0 Å². The molecule has 0 saturated heterocycles. The first-order valence-electron chi connectivity index (χ1n) is 3.56. The summed E-state index contributed by atoms with van der Waals surface area (Å²) in [5.41, 5.74) is 0.377. The maximum atomic E-state index is 12.6. The van der Waals surface area contributed by atoms with Crippen molar-refractivity contribution in [2.24, 2.45) is 0 Å². The topological polar surface area (TPSA) is 43.4 Å². The Labute approximate surface area is 76.3 Å². The minimum Gasteiger partial charge on any atom is -0.273 e. The van der Waals surface area contributed by atoms with Gasteiger partial charge in [-0.2, -0.15) is 8.42 Å². The number of hydrogen-bond acceptors (Lipinski definition) is 3. The summed E-state index contributed by atoms with van der Waals surface area (Å²) < 4.78 is 38.7. The van der Waals surface area contributed by atoms with Gasteiger partial charge in [0, 0.05) is 0 Å². The molecule has 0 spiro atoms.